The molecule has 0 radical (unpaired) electrons. The largest absolute Gasteiger partial charge is 0.394 e. The first-order valence-corrected chi connectivity index (χ1v) is 21.5. The van der Waals surface area contributed by atoms with Crippen LogP contribution in [0, 0.1) is 44.8 Å². The van der Waals surface area contributed by atoms with Crippen LogP contribution >= 0.6 is 0 Å². The summed E-state index contributed by atoms with van der Waals surface area (Å²) in [6.45, 7) is 13.3. The van der Waals surface area contributed by atoms with E-state index in [1.807, 2.05) is 0 Å². The molecule has 2 spiro atoms. The number of rotatable bonds is 8. The van der Waals surface area contributed by atoms with Gasteiger partial charge in [-0.2, -0.15) is 0 Å². The molecule has 0 aromatic rings. The number of hydrogen-bond donors (Lipinski definition) is 10. The van der Waals surface area contributed by atoms with Gasteiger partial charge < -0.3 is 74.7 Å². The van der Waals surface area contributed by atoms with Crippen molar-refractivity contribution in [3.05, 3.63) is 0 Å². The van der Waals surface area contributed by atoms with E-state index >= 15 is 0 Å². The topological polar surface area (TPSA) is 248 Å². The van der Waals surface area contributed by atoms with Gasteiger partial charge in [-0.3, -0.25) is 0 Å². The molecule has 0 unspecified atom stereocenters. The first-order chi connectivity index (χ1) is 26.5. The van der Waals surface area contributed by atoms with Crippen molar-refractivity contribution in [2.24, 2.45) is 44.8 Å². The lowest BCUT2D eigenvalue weighted by atomic mass is 9.41. The van der Waals surface area contributed by atoms with Gasteiger partial charge in [-0.25, -0.2) is 0 Å². The smallest absolute Gasteiger partial charge is 0.186 e. The van der Waals surface area contributed by atoms with Crippen LogP contribution in [0.3, 0.4) is 0 Å². The highest BCUT2D eigenvalue weighted by molar-refractivity contribution is 5.33. The van der Waals surface area contributed by atoms with Crippen LogP contribution in [0.4, 0.5) is 0 Å². The van der Waals surface area contributed by atoms with Crippen molar-refractivity contribution in [3.63, 3.8) is 0 Å². The maximum atomic E-state index is 12.2. The number of hydrogen-bond acceptors (Lipinski definition) is 15. The minimum absolute atomic E-state index is 0.0725. The molecule has 3 saturated heterocycles. The highest BCUT2D eigenvalue weighted by atomic mass is 16.7. The monoisotopic (exact) mass is 814 g/mol. The normalized spacial score (nSPS) is 58.4. The molecule has 328 valence electrons. The molecule has 3 heterocycles. The first kappa shape index (κ1) is 43.1. The number of fused-ring (bicyclic) bond motifs is 2. The van der Waals surface area contributed by atoms with Gasteiger partial charge in [-0.15, -0.1) is 0 Å². The van der Waals surface area contributed by atoms with Gasteiger partial charge in [-0.1, -0.05) is 27.7 Å². The third-order valence-corrected chi connectivity index (χ3v) is 18.0. The Balaban J connectivity index is 1.15. The highest BCUT2D eigenvalue weighted by Crippen LogP contribution is 2.89. The summed E-state index contributed by atoms with van der Waals surface area (Å²) in [7, 11) is 0. The second-order valence-electron chi connectivity index (χ2n) is 21.5. The maximum Gasteiger partial charge on any atom is 0.186 e. The Labute approximate surface area is 335 Å². The minimum atomic E-state index is -1.62. The molecular formula is C42H70O15. The molecule has 57 heavy (non-hydrogen) atoms. The first-order valence-electron chi connectivity index (χ1n) is 21.5. The van der Waals surface area contributed by atoms with E-state index in [-0.39, 0.29) is 45.5 Å². The molecule has 8 rings (SSSR count). The van der Waals surface area contributed by atoms with Gasteiger partial charge in [-0.05, 0) is 117 Å². The van der Waals surface area contributed by atoms with E-state index in [0.717, 1.165) is 32.1 Å². The zero-order valence-corrected chi connectivity index (χ0v) is 34.6. The van der Waals surface area contributed by atoms with Gasteiger partial charge >= 0.3 is 0 Å². The standard InChI is InChI=1S/C42H70O15/c1-36(2)24(56-35-31(51)29(49)27(47)22(17-44)55-35)9-11-42-18-41(42)13-12-38(5)32(40(7)10-8-25(57-40)37(3,4)52)19(45)15-39(38,6)23(41)14-20(33(36)42)53-34-30(50)28(48)26(46)21(16-43)54-34/h19-35,43-52H,8-18H2,1-7H3/t19-,20-,21+,22+,23+,24-,25-,26+,27+,28-,29-,30+,31+,32+,33+,34+,35-,38+,39-,40+,41-,42+/m0/s1. The van der Waals surface area contributed by atoms with Gasteiger partial charge in [0.25, 0.3) is 0 Å². The van der Waals surface area contributed by atoms with Crippen LogP contribution in [0.25, 0.3) is 0 Å². The fourth-order valence-electron chi connectivity index (χ4n) is 15.2. The molecule has 15 nitrogen and oxygen atoms in total. The highest BCUT2D eigenvalue weighted by Gasteiger charge is 2.85. The Morgan fingerprint density at radius 1 is 0.649 bits per heavy atom. The molecule has 8 aliphatic rings. The molecule has 0 aromatic heterocycles. The van der Waals surface area contributed by atoms with E-state index < -0.39 is 110 Å². The fourth-order valence-corrected chi connectivity index (χ4v) is 15.2. The van der Waals surface area contributed by atoms with Crippen molar-refractivity contribution in [1.29, 1.82) is 0 Å². The van der Waals surface area contributed by atoms with Gasteiger partial charge in [0.2, 0.25) is 0 Å². The van der Waals surface area contributed by atoms with Crippen LogP contribution in [0.5, 0.6) is 0 Å². The van der Waals surface area contributed by atoms with Crippen LogP contribution in [-0.2, 0) is 23.7 Å². The lowest BCUT2D eigenvalue weighted by Gasteiger charge is -2.65. The second kappa shape index (κ2) is 14.0. The Bertz CT molecular complexity index is 1510. The van der Waals surface area contributed by atoms with Crippen molar-refractivity contribution < 1.29 is 74.7 Å². The van der Waals surface area contributed by atoms with Crippen LogP contribution < -0.4 is 0 Å². The predicted octanol–water partition coefficient (Wildman–Crippen LogP) is 0.0850. The average Bonchev–Trinajstić information content (AvgIpc) is 3.50. The van der Waals surface area contributed by atoms with E-state index in [1.165, 1.54) is 0 Å². The van der Waals surface area contributed by atoms with Gasteiger partial charge in [0, 0.05) is 5.92 Å². The molecule has 10 N–H and O–H groups in total. The third kappa shape index (κ3) is 5.99. The van der Waals surface area contributed by atoms with Crippen molar-refractivity contribution >= 4 is 0 Å². The average molecular weight is 815 g/mol. The number of aliphatic hydroxyl groups is 10. The van der Waals surface area contributed by atoms with Crippen LogP contribution in [0.1, 0.15) is 106 Å². The van der Waals surface area contributed by atoms with Crippen molar-refractivity contribution in [3.8, 4) is 0 Å². The zero-order chi connectivity index (χ0) is 41.6. The minimum Gasteiger partial charge on any atom is -0.394 e. The molecule has 0 aromatic carbocycles. The molecule has 22 atom stereocenters. The fraction of sp³-hybridized carbons (Fsp3) is 1.00. The predicted molar refractivity (Wildman–Crippen MR) is 200 cm³/mol. The summed E-state index contributed by atoms with van der Waals surface area (Å²) < 4.78 is 32.0. The summed E-state index contributed by atoms with van der Waals surface area (Å²) >= 11 is 0. The van der Waals surface area contributed by atoms with Crippen LogP contribution in [-0.4, -0.2) is 161 Å². The quantitative estimate of drug-likeness (QED) is 0.146. The molecule has 0 amide bonds. The molecular weight excluding hydrogens is 744 g/mol. The van der Waals surface area contributed by atoms with E-state index in [4.69, 9.17) is 23.7 Å². The zero-order valence-electron chi connectivity index (χ0n) is 34.6. The Kier molecular flexibility index (Phi) is 10.5. The van der Waals surface area contributed by atoms with E-state index in [0.29, 0.717) is 25.7 Å². The summed E-state index contributed by atoms with van der Waals surface area (Å²) in [6.07, 6.45) is -9.98. The lowest BCUT2D eigenvalue weighted by molar-refractivity contribution is -0.345. The Morgan fingerprint density at radius 2 is 1.23 bits per heavy atom. The van der Waals surface area contributed by atoms with E-state index in [1.54, 1.807) is 13.8 Å². The number of ether oxygens (including phenoxy) is 5. The maximum absolute atomic E-state index is 12.2. The summed E-state index contributed by atoms with van der Waals surface area (Å²) in [5, 5.41) is 108. The Hall–Kier alpha value is -0.600. The SMILES string of the molecule is CC(C)(O)[C@@H]1CC[C@](C)([C@@H]2[C@@H](O)C[C@@]3(C)[C@H]4C[C@H](O[C@@H]5O[C@H](CO)[C@@H](O)[C@H](O)[C@H]5O)[C@@H]5C(C)(C)[C@@H](O[C@@H]6O[C@H](CO)[C@@H](O)[C@H](O)[C@H]6O)CC[C@@]56C[C@@]46CC[C@]23C)O1. The van der Waals surface area contributed by atoms with Gasteiger partial charge in [0.15, 0.2) is 12.6 Å². The van der Waals surface area contributed by atoms with Crippen molar-refractivity contribution in [2.45, 2.75) is 203 Å². The van der Waals surface area contributed by atoms with Crippen LogP contribution in [0.15, 0.2) is 0 Å². The molecule has 8 fully saturated rings. The summed E-state index contributed by atoms with van der Waals surface area (Å²) in [4.78, 5) is 0. The molecule has 0 bridgehead atoms. The third-order valence-electron chi connectivity index (χ3n) is 18.0. The van der Waals surface area contributed by atoms with Crippen molar-refractivity contribution in [2.75, 3.05) is 13.2 Å². The summed E-state index contributed by atoms with van der Waals surface area (Å²) in [5.41, 5.74) is -3.40. The van der Waals surface area contributed by atoms with E-state index in [9.17, 15) is 51.1 Å². The molecule has 5 aliphatic carbocycles. The van der Waals surface area contributed by atoms with Crippen LogP contribution in [0.2, 0.25) is 0 Å². The molecule has 5 saturated carbocycles. The molecule has 3 aliphatic heterocycles. The lowest BCUT2D eigenvalue weighted by Crippen LogP contribution is -2.65. The Morgan fingerprint density at radius 3 is 1.77 bits per heavy atom. The second-order valence-corrected chi connectivity index (χ2v) is 21.5. The van der Waals surface area contributed by atoms with Gasteiger partial charge in [0.05, 0.1) is 48.8 Å². The summed E-state index contributed by atoms with van der Waals surface area (Å²) in [6, 6.07) is 0. The van der Waals surface area contributed by atoms with Gasteiger partial charge in [0.1, 0.15) is 48.8 Å². The summed E-state index contributed by atoms with van der Waals surface area (Å²) in [5.74, 6) is -0.324. The molecule has 15 heteroatoms. The van der Waals surface area contributed by atoms with E-state index in [2.05, 4.69) is 34.6 Å². The van der Waals surface area contributed by atoms with Crippen molar-refractivity contribution in [1.82, 2.24) is 0 Å². The number of aliphatic hydroxyl groups excluding tert-OH is 9.